The predicted octanol–water partition coefficient (Wildman–Crippen LogP) is 2.72. The highest BCUT2D eigenvalue weighted by molar-refractivity contribution is 7.89. The summed E-state index contributed by atoms with van der Waals surface area (Å²) >= 11 is 6.16. The Labute approximate surface area is 197 Å². The van der Waals surface area contributed by atoms with E-state index in [-0.39, 0.29) is 23.0 Å². The van der Waals surface area contributed by atoms with Crippen molar-refractivity contribution in [1.29, 1.82) is 0 Å². The van der Waals surface area contributed by atoms with E-state index in [1.807, 2.05) is 0 Å². The van der Waals surface area contributed by atoms with E-state index in [0.29, 0.717) is 23.8 Å². The van der Waals surface area contributed by atoms with Gasteiger partial charge < -0.3 is 19.1 Å². The molecule has 1 amide bonds. The highest BCUT2D eigenvalue weighted by Gasteiger charge is 2.36. The molecule has 0 aromatic heterocycles. The average Bonchev–Trinajstić information content (AvgIpc) is 2.82. The third-order valence-corrected chi connectivity index (χ3v) is 7.26. The van der Waals surface area contributed by atoms with Gasteiger partial charge in [-0.05, 0) is 37.3 Å². The second-order valence-corrected chi connectivity index (χ2v) is 9.40. The van der Waals surface area contributed by atoms with Crippen LogP contribution in [0.5, 0.6) is 11.5 Å². The van der Waals surface area contributed by atoms with Crippen LogP contribution in [0.25, 0.3) is 0 Å². The van der Waals surface area contributed by atoms with Crippen molar-refractivity contribution >= 4 is 39.2 Å². The summed E-state index contributed by atoms with van der Waals surface area (Å²) in [6.45, 7) is 3.31. The van der Waals surface area contributed by atoms with Crippen molar-refractivity contribution in [2.75, 3.05) is 38.3 Å². The second kappa shape index (κ2) is 10.4. The Kier molecular flexibility index (Phi) is 7.83. The van der Waals surface area contributed by atoms with Crippen molar-refractivity contribution in [3.63, 3.8) is 0 Å². The lowest BCUT2D eigenvalue weighted by atomic mass is 10.2. The van der Waals surface area contributed by atoms with E-state index in [1.165, 1.54) is 30.2 Å². The van der Waals surface area contributed by atoms with Crippen LogP contribution in [-0.2, 0) is 24.3 Å². The van der Waals surface area contributed by atoms with Gasteiger partial charge in [-0.25, -0.2) is 13.2 Å². The lowest BCUT2D eigenvalue weighted by Gasteiger charge is -2.34. The Morgan fingerprint density at radius 3 is 2.58 bits per heavy atom. The molecule has 0 unspecified atom stereocenters. The largest absolute Gasteiger partial charge is 0.492 e. The maximum Gasteiger partial charge on any atom is 0.348 e. The highest BCUT2D eigenvalue weighted by Crippen LogP contribution is 2.34. The van der Waals surface area contributed by atoms with Crippen LogP contribution in [0.15, 0.2) is 47.4 Å². The molecular formula is C22H25ClN2O7S. The number of halogens is 1. The molecule has 0 aliphatic carbocycles. The lowest BCUT2D eigenvalue weighted by Crippen LogP contribution is -2.50. The monoisotopic (exact) mass is 496 g/mol. The molecule has 11 heteroatoms. The quantitative estimate of drug-likeness (QED) is 0.518. The number of carbonyl (C=O) groups is 2. The number of para-hydroxylation sites is 2. The summed E-state index contributed by atoms with van der Waals surface area (Å²) in [6, 6.07) is 10.9. The summed E-state index contributed by atoms with van der Waals surface area (Å²) in [7, 11) is -2.80. The number of benzene rings is 2. The first-order chi connectivity index (χ1) is 15.7. The first kappa shape index (κ1) is 24.8. The summed E-state index contributed by atoms with van der Waals surface area (Å²) in [4.78, 5) is 26.6. The molecule has 33 heavy (non-hydrogen) atoms. The van der Waals surface area contributed by atoms with Crippen LogP contribution in [0.2, 0.25) is 5.02 Å². The van der Waals surface area contributed by atoms with Gasteiger partial charge in [-0.3, -0.25) is 4.79 Å². The average molecular weight is 497 g/mol. The van der Waals surface area contributed by atoms with Gasteiger partial charge in [0.15, 0.2) is 0 Å². The zero-order valence-electron chi connectivity index (χ0n) is 18.5. The number of rotatable bonds is 8. The molecule has 9 nitrogen and oxygen atoms in total. The van der Waals surface area contributed by atoms with Gasteiger partial charge in [-0.1, -0.05) is 30.7 Å². The van der Waals surface area contributed by atoms with Crippen molar-refractivity contribution < 1.29 is 32.2 Å². The molecule has 0 saturated heterocycles. The van der Waals surface area contributed by atoms with Crippen LogP contribution < -0.4 is 14.4 Å². The number of hydrogen-bond acceptors (Lipinski definition) is 7. The molecule has 0 N–H and O–H groups in total. The number of fused-ring (bicyclic) bond motifs is 1. The third kappa shape index (κ3) is 5.23. The van der Waals surface area contributed by atoms with E-state index in [0.717, 1.165) is 4.31 Å². The maximum atomic E-state index is 13.2. The zero-order valence-corrected chi connectivity index (χ0v) is 20.1. The first-order valence-corrected chi connectivity index (χ1v) is 12.1. The van der Waals surface area contributed by atoms with Crippen molar-refractivity contribution in [2.45, 2.75) is 24.8 Å². The van der Waals surface area contributed by atoms with E-state index in [2.05, 4.69) is 0 Å². The van der Waals surface area contributed by atoms with Gasteiger partial charge in [0.05, 0.1) is 42.4 Å². The predicted molar refractivity (Wildman–Crippen MR) is 122 cm³/mol. The Morgan fingerprint density at radius 1 is 1.21 bits per heavy atom. The normalized spacial score (nSPS) is 15.5. The highest BCUT2D eigenvalue weighted by atomic mass is 35.5. The first-order valence-electron chi connectivity index (χ1n) is 10.3. The number of nitrogens with zero attached hydrogens (tertiary/aromatic N) is 2. The smallest absolute Gasteiger partial charge is 0.348 e. The summed E-state index contributed by atoms with van der Waals surface area (Å²) in [6.07, 6.45) is -1.02. The van der Waals surface area contributed by atoms with E-state index < -0.39 is 34.5 Å². The topological polar surface area (TPSA) is 102 Å². The van der Waals surface area contributed by atoms with E-state index in [1.54, 1.807) is 38.1 Å². The van der Waals surface area contributed by atoms with Gasteiger partial charge in [0.1, 0.15) is 11.5 Å². The third-order valence-electron chi connectivity index (χ3n) is 5.04. The fraction of sp³-hybridized carbons (Fsp3) is 0.364. The number of hydrogen-bond donors (Lipinski definition) is 0. The molecular weight excluding hydrogens is 472 g/mol. The van der Waals surface area contributed by atoms with Gasteiger partial charge in [-0.15, -0.1) is 0 Å². The van der Waals surface area contributed by atoms with E-state index in [9.17, 15) is 18.0 Å². The Bertz CT molecular complexity index is 1140. The number of methoxy groups -OCH3 is 1. The Hall–Kier alpha value is -2.82. The number of likely N-dealkylation sites (N-methyl/N-ethyl adjacent to an activating group) is 1. The standard InChI is InChI=1S/C22H25ClN2O7S/c1-4-24(33(28,29)15-10-11-18(31-5-2)16(23)12-15)14-21(26)25-13-20(22(27)30-3)32-19-9-7-6-8-17(19)25/h6-12,20H,4-5,13-14H2,1-3H3/t20-/m1/s1. The SMILES string of the molecule is CCOc1ccc(S(=O)(=O)N(CC)CC(=O)N2C[C@H](C(=O)OC)Oc3ccccc32)cc1Cl. The summed E-state index contributed by atoms with van der Waals surface area (Å²) in [5.41, 5.74) is 0.445. The molecule has 1 aliphatic heterocycles. The number of sulfonamides is 1. The number of ether oxygens (including phenoxy) is 3. The molecule has 178 valence electrons. The van der Waals surface area contributed by atoms with Crippen molar-refractivity contribution in [2.24, 2.45) is 0 Å². The number of esters is 1. The van der Waals surface area contributed by atoms with Crippen LogP contribution in [0, 0.1) is 0 Å². The molecule has 1 aliphatic rings. The lowest BCUT2D eigenvalue weighted by molar-refractivity contribution is -0.148. The molecule has 2 aromatic rings. The molecule has 0 spiro atoms. The van der Waals surface area contributed by atoms with Crippen molar-refractivity contribution in [3.05, 3.63) is 47.5 Å². The van der Waals surface area contributed by atoms with Gasteiger partial charge in [0.25, 0.3) is 0 Å². The molecule has 0 saturated carbocycles. The Morgan fingerprint density at radius 2 is 1.94 bits per heavy atom. The van der Waals surface area contributed by atoms with Crippen molar-refractivity contribution in [3.8, 4) is 11.5 Å². The van der Waals surface area contributed by atoms with Gasteiger partial charge in [-0.2, -0.15) is 4.31 Å². The molecule has 0 fully saturated rings. The molecule has 2 aromatic carbocycles. The number of amides is 1. The summed E-state index contributed by atoms with van der Waals surface area (Å²) in [5, 5.41) is 0.156. The minimum atomic E-state index is -4.03. The molecule has 1 heterocycles. The summed E-state index contributed by atoms with van der Waals surface area (Å²) in [5.74, 6) is -0.443. The molecule has 0 radical (unpaired) electrons. The van der Waals surface area contributed by atoms with Crippen LogP contribution in [0.3, 0.4) is 0 Å². The minimum Gasteiger partial charge on any atom is -0.492 e. The van der Waals surface area contributed by atoms with E-state index >= 15 is 0 Å². The second-order valence-electron chi connectivity index (χ2n) is 7.06. The Balaban J connectivity index is 1.87. The van der Waals surface area contributed by atoms with Crippen LogP contribution in [-0.4, -0.2) is 64.1 Å². The van der Waals surface area contributed by atoms with Crippen molar-refractivity contribution in [1.82, 2.24) is 4.31 Å². The minimum absolute atomic E-state index is 0.0469. The fourth-order valence-corrected chi connectivity index (χ4v) is 5.12. The maximum absolute atomic E-state index is 13.2. The van der Waals surface area contributed by atoms with Crippen LogP contribution in [0.4, 0.5) is 5.69 Å². The zero-order chi connectivity index (χ0) is 24.2. The molecule has 3 rings (SSSR count). The van der Waals surface area contributed by atoms with Gasteiger partial charge in [0.2, 0.25) is 22.0 Å². The number of carbonyl (C=O) groups excluding carboxylic acids is 2. The van der Waals surface area contributed by atoms with Gasteiger partial charge >= 0.3 is 5.97 Å². The van der Waals surface area contributed by atoms with Crippen LogP contribution >= 0.6 is 11.6 Å². The van der Waals surface area contributed by atoms with Gasteiger partial charge in [0, 0.05) is 6.54 Å². The summed E-state index contributed by atoms with van der Waals surface area (Å²) < 4.78 is 43.3. The number of anilines is 1. The molecule has 1 atom stereocenters. The van der Waals surface area contributed by atoms with Crippen LogP contribution in [0.1, 0.15) is 13.8 Å². The fourth-order valence-electron chi connectivity index (χ4n) is 3.39. The molecule has 0 bridgehead atoms. The van der Waals surface area contributed by atoms with E-state index in [4.69, 9.17) is 25.8 Å².